The second-order valence-electron chi connectivity index (χ2n) is 9.84. The largest absolute Gasteiger partial charge is 0.497 e. The molecule has 0 bridgehead atoms. The van der Waals surface area contributed by atoms with Gasteiger partial charge in [0.15, 0.2) is 0 Å². The Morgan fingerprint density at radius 1 is 0.951 bits per heavy atom. The Hall–Kier alpha value is -3.86. The Balaban J connectivity index is 1.40. The first-order valence-corrected chi connectivity index (χ1v) is 14.9. The van der Waals surface area contributed by atoms with Gasteiger partial charge in [-0.15, -0.1) is 0 Å². The quantitative estimate of drug-likeness (QED) is 0.299. The monoisotopic (exact) mass is 605 g/mol. The van der Waals surface area contributed by atoms with Crippen molar-refractivity contribution < 1.29 is 19.1 Å². The molecule has 1 aromatic heterocycles. The number of carbonyl (C=O) groups excluding carboxylic acids is 3. The topological polar surface area (TPSA) is 97.7 Å². The summed E-state index contributed by atoms with van der Waals surface area (Å²) >= 11 is 8.23. The first-order valence-electron chi connectivity index (χ1n) is 12.8. The number of amides is 3. The number of thiazole rings is 1. The highest BCUT2D eigenvalue weighted by Gasteiger charge is 2.56. The molecular formula is C30H24ClN3O5S2. The Bertz CT molecular complexity index is 1720. The zero-order valence-corrected chi connectivity index (χ0v) is 24.4. The van der Waals surface area contributed by atoms with Gasteiger partial charge in [-0.1, -0.05) is 64.5 Å². The van der Waals surface area contributed by atoms with Crippen LogP contribution in [0.3, 0.4) is 0 Å². The molecule has 3 atom stereocenters. The highest BCUT2D eigenvalue weighted by molar-refractivity contribution is 8.00. The van der Waals surface area contributed by atoms with Crippen molar-refractivity contribution in [3.8, 4) is 5.75 Å². The number of hydrogen-bond donors (Lipinski definition) is 1. The van der Waals surface area contributed by atoms with Gasteiger partial charge in [0.05, 0.1) is 23.7 Å². The summed E-state index contributed by atoms with van der Waals surface area (Å²) in [7, 11) is 1.57. The molecule has 0 aliphatic carbocycles. The summed E-state index contributed by atoms with van der Waals surface area (Å²) in [5, 5.41) is 3.08. The Morgan fingerprint density at radius 3 is 2.29 bits per heavy atom. The van der Waals surface area contributed by atoms with Crippen molar-refractivity contribution in [2.75, 3.05) is 17.3 Å². The molecule has 6 rings (SSSR count). The number of anilines is 2. The van der Waals surface area contributed by atoms with E-state index in [1.807, 2.05) is 31.2 Å². The van der Waals surface area contributed by atoms with Crippen LogP contribution < -0.4 is 19.8 Å². The lowest BCUT2D eigenvalue weighted by Gasteiger charge is -2.30. The number of imide groups is 1. The average molecular weight is 606 g/mol. The van der Waals surface area contributed by atoms with Crippen molar-refractivity contribution in [3.63, 3.8) is 0 Å². The summed E-state index contributed by atoms with van der Waals surface area (Å²) < 4.78 is 6.72. The van der Waals surface area contributed by atoms with Gasteiger partial charge >= 0.3 is 4.87 Å². The van der Waals surface area contributed by atoms with Gasteiger partial charge in [0.2, 0.25) is 17.7 Å². The van der Waals surface area contributed by atoms with E-state index in [1.54, 1.807) is 55.6 Å². The average Bonchev–Trinajstić information content (AvgIpc) is 3.41. The van der Waals surface area contributed by atoms with Crippen LogP contribution in [0.5, 0.6) is 5.75 Å². The van der Waals surface area contributed by atoms with E-state index in [9.17, 15) is 19.2 Å². The summed E-state index contributed by atoms with van der Waals surface area (Å²) in [4.78, 5) is 55.6. The van der Waals surface area contributed by atoms with Crippen LogP contribution in [0, 0.1) is 12.8 Å². The minimum Gasteiger partial charge on any atom is -0.497 e. The first-order chi connectivity index (χ1) is 19.7. The van der Waals surface area contributed by atoms with E-state index in [1.165, 1.54) is 21.2 Å². The molecule has 0 unspecified atom stereocenters. The van der Waals surface area contributed by atoms with Gasteiger partial charge in [-0.3, -0.25) is 23.7 Å². The molecule has 41 heavy (non-hydrogen) atoms. The summed E-state index contributed by atoms with van der Waals surface area (Å²) in [6.45, 7) is 1.73. The second-order valence-corrected chi connectivity index (χ2v) is 12.4. The number of nitrogens with zero attached hydrogens (tertiary/aromatic N) is 2. The number of rotatable bonds is 6. The van der Waals surface area contributed by atoms with Crippen LogP contribution in [0.2, 0.25) is 5.02 Å². The van der Waals surface area contributed by atoms with Gasteiger partial charge in [-0.05, 0) is 61.0 Å². The normalized spacial score (nSPS) is 19.6. The number of thioether (sulfide) groups is 1. The Morgan fingerprint density at radius 2 is 1.63 bits per heavy atom. The molecule has 3 heterocycles. The van der Waals surface area contributed by atoms with Gasteiger partial charge < -0.3 is 10.1 Å². The molecule has 0 spiro atoms. The highest BCUT2D eigenvalue weighted by atomic mass is 35.5. The number of aryl methyl sites for hydroxylation is 1. The third-order valence-corrected chi connectivity index (χ3v) is 10.1. The number of ether oxygens (including phenoxy) is 1. The SMILES string of the molecule is COc1ccc([C@@H]2c3sc(=O)n(CC(=O)Nc4ccc(C)cc4)c3S[C@@H]3C(=O)N(c4ccc(Cl)cc4)C(=O)[C@H]23)cc1. The number of methoxy groups -OCH3 is 1. The number of hydrogen-bond acceptors (Lipinski definition) is 7. The first kappa shape index (κ1) is 27.3. The second kappa shape index (κ2) is 10.8. The van der Waals surface area contributed by atoms with Gasteiger partial charge in [-0.25, -0.2) is 4.90 Å². The number of halogens is 1. The number of nitrogens with one attached hydrogen (secondary N) is 1. The Labute approximate surface area is 248 Å². The van der Waals surface area contributed by atoms with E-state index in [0.29, 0.717) is 32.1 Å². The van der Waals surface area contributed by atoms with Crippen molar-refractivity contribution >= 4 is 63.8 Å². The number of fused-ring (bicyclic) bond motifs is 2. The lowest BCUT2D eigenvalue weighted by atomic mass is 9.83. The fourth-order valence-corrected chi connectivity index (χ4v) is 8.15. The van der Waals surface area contributed by atoms with Gasteiger partial charge in [0.1, 0.15) is 17.5 Å². The summed E-state index contributed by atoms with van der Waals surface area (Å²) in [6.07, 6.45) is 0. The molecule has 1 fully saturated rings. The van der Waals surface area contributed by atoms with Crippen LogP contribution in [0.25, 0.3) is 0 Å². The minimum atomic E-state index is -0.779. The Kier molecular flexibility index (Phi) is 7.23. The smallest absolute Gasteiger partial charge is 0.308 e. The van der Waals surface area contributed by atoms with E-state index in [0.717, 1.165) is 22.5 Å². The lowest BCUT2D eigenvalue weighted by Crippen LogP contribution is -2.33. The van der Waals surface area contributed by atoms with Crippen LogP contribution in [0.1, 0.15) is 21.9 Å². The number of benzene rings is 3. The van der Waals surface area contributed by atoms with E-state index < -0.39 is 17.1 Å². The summed E-state index contributed by atoms with van der Waals surface area (Å²) in [5.74, 6) is -1.73. The van der Waals surface area contributed by atoms with Crippen molar-refractivity contribution in [3.05, 3.63) is 103 Å². The van der Waals surface area contributed by atoms with Crippen LogP contribution >= 0.6 is 34.7 Å². The predicted octanol–water partition coefficient (Wildman–Crippen LogP) is 5.31. The van der Waals surface area contributed by atoms with Crippen LogP contribution in [-0.2, 0) is 20.9 Å². The minimum absolute atomic E-state index is 0.221. The molecule has 0 radical (unpaired) electrons. The van der Waals surface area contributed by atoms with Crippen LogP contribution in [0.15, 0.2) is 82.6 Å². The molecule has 208 valence electrons. The van der Waals surface area contributed by atoms with Crippen molar-refractivity contribution in [2.24, 2.45) is 5.92 Å². The maximum atomic E-state index is 13.9. The molecule has 1 N–H and O–H groups in total. The van der Waals surface area contributed by atoms with E-state index in [-0.39, 0.29) is 29.1 Å². The van der Waals surface area contributed by atoms with Crippen molar-refractivity contribution in [1.82, 2.24) is 4.57 Å². The molecular weight excluding hydrogens is 582 g/mol. The zero-order valence-electron chi connectivity index (χ0n) is 22.0. The summed E-state index contributed by atoms with van der Waals surface area (Å²) in [5.41, 5.74) is 2.90. The molecule has 2 aliphatic rings. The van der Waals surface area contributed by atoms with E-state index in [2.05, 4.69) is 5.32 Å². The molecule has 1 saturated heterocycles. The summed E-state index contributed by atoms with van der Waals surface area (Å²) in [6, 6.07) is 21.2. The molecule has 3 aromatic carbocycles. The highest BCUT2D eigenvalue weighted by Crippen LogP contribution is 2.54. The molecule has 3 amide bonds. The van der Waals surface area contributed by atoms with E-state index in [4.69, 9.17) is 16.3 Å². The third kappa shape index (κ3) is 4.96. The molecule has 4 aromatic rings. The molecule has 2 aliphatic heterocycles. The maximum Gasteiger partial charge on any atom is 0.308 e. The maximum absolute atomic E-state index is 13.9. The van der Waals surface area contributed by atoms with Crippen LogP contribution in [-0.4, -0.2) is 34.6 Å². The molecule has 0 saturated carbocycles. The predicted molar refractivity (Wildman–Crippen MR) is 160 cm³/mol. The number of carbonyl (C=O) groups is 3. The lowest BCUT2D eigenvalue weighted by molar-refractivity contribution is -0.122. The van der Waals surface area contributed by atoms with Gasteiger partial charge in [0, 0.05) is 21.5 Å². The van der Waals surface area contributed by atoms with E-state index >= 15 is 0 Å². The number of aromatic nitrogens is 1. The fourth-order valence-electron chi connectivity index (χ4n) is 5.25. The van der Waals surface area contributed by atoms with Crippen molar-refractivity contribution in [2.45, 2.75) is 29.7 Å². The van der Waals surface area contributed by atoms with Gasteiger partial charge in [0.25, 0.3) is 0 Å². The van der Waals surface area contributed by atoms with Gasteiger partial charge in [-0.2, -0.15) is 0 Å². The van der Waals surface area contributed by atoms with Crippen LogP contribution in [0.4, 0.5) is 11.4 Å². The fraction of sp³-hybridized carbons (Fsp3) is 0.200. The zero-order chi connectivity index (χ0) is 28.8. The third-order valence-electron chi connectivity index (χ3n) is 7.25. The standard InChI is InChI=1S/C30H24ClN3O5S2/c1-16-3-9-19(10-4-16)32-22(35)15-33-29-26(41-30(33)38)23(17-5-13-21(39-2)14-6-17)24-25(40-29)28(37)34(27(24)36)20-11-7-18(31)8-12-20/h3-14,23-25H,15H2,1-2H3,(H,32,35)/t23-,24+,25-/m0/s1. The molecule has 8 nitrogen and oxygen atoms in total. The molecule has 11 heteroatoms. The van der Waals surface area contributed by atoms with Crippen molar-refractivity contribution in [1.29, 1.82) is 0 Å².